The van der Waals surface area contributed by atoms with Crippen LogP contribution >= 0.6 is 35.0 Å². The predicted molar refractivity (Wildman–Crippen MR) is 112 cm³/mol. The van der Waals surface area contributed by atoms with Crippen molar-refractivity contribution in [3.8, 4) is 11.3 Å². The second-order valence-corrected chi connectivity index (χ2v) is 10.2. The summed E-state index contributed by atoms with van der Waals surface area (Å²) in [4.78, 5) is 38.7. The fourth-order valence-electron chi connectivity index (χ4n) is 3.89. The molecule has 11 heteroatoms. The Balaban J connectivity index is 1.62. The van der Waals surface area contributed by atoms with Gasteiger partial charge in [0.2, 0.25) is 5.91 Å². The van der Waals surface area contributed by atoms with Crippen molar-refractivity contribution in [1.29, 1.82) is 0 Å². The largest absolute Gasteiger partial charge is 0.480 e. The summed E-state index contributed by atoms with van der Waals surface area (Å²) in [6, 6.07) is 3.09. The van der Waals surface area contributed by atoms with Crippen molar-refractivity contribution in [3.63, 3.8) is 0 Å². The Morgan fingerprint density at radius 1 is 1.30 bits per heavy atom. The molecule has 0 spiro atoms. The predicted octanol–water partition coefficient (Wildman–Crippen LogP) is 3.20. The number of halogens is 2. The molecule has 2 saturated heterocycles. The van der Waals surface area contributed by atoms with Gasteiger partial charge in [-0.05, 0) is 32.9 Å². The number of aliphatic carboxylic acids is 1. The smallest absolute Gasteiger partial charge is 0.327 e. The van der Waals surface area contributed by atoms with Crippen molar-refractivity contribution >= 4 is 52.7 Å². The lowest BCUT2D eigenvalue weighted by atomic mass is 9.95. The summed E-state index contributed by atoms with van der Waals surface area (Å²) in [7, 11) is 0. The summed E-state index contributed by atoms with van der Waals surface area (Å²) in [6.45, 7) is 5.10. The summed E-state index contributed by atoms with van der Waals surface area (Å²) in [5.41, 5.74) is 0.645. The maximum absolute atomic E-state index is 13.1. The first-order valence-corrected chi connectivity index (χ1v) is 10.6. The Bertz CT molecular complexity index is 1070. The lowest BCUT2D eigenvalue weighted by Crippen LogP contribution is -2.70. The second-order valence-electron chi connectivity index (χ2n) is 7.61. The van der Waals surface area contributed by atoms with Crippen molar-refractivity contribution in [1.82, 2.24) is 15.4 Å². The van der Waals surface area contributed by atoms with Gasteiger partial charge in [0.05, 0.1) is 10.0 Å². The van der Waals surface area contributed by atoms with E-state index in [1.54, 1.807) is 39.0 Å². The molecular weight excluding hydrogens is 453 g/mol. The molecule has 2 fully saturated rings. The molecule has 0 unspecified atom stereocenters. The molecule has 2 aliphatic heterocycles. The summed E-state index contributed by atoms with van der Waals surface area (Å²) in [5, 5.41) is 16.3. The van der Waals surface area contributed by atoms with Crippen molar-refractivity contribution in [2.24, 2.45) is 0 Å². The summed E-state index contributed by atoms with van der Waals surface area (Å²) in [6.07, 6.45) is 0. The highest BCUT2D eigenvalue weighted by atomic mass is 35.5. The number of nitrogens with zero attached hydrogens (tertiary/aromatic N) is 2. The third-order valence-electron chi connectivity index (χ3n) is 5.25. The number of amides is 2. The second kappa shape index (κ2) is 7.18. The standard InChI is InChI=1S/C19H17Cl2N3O5S/c1-7-10(12(23-29-7)11-8(20)5-4-6-9(11)21)15(25)22-13-16(26)24-14(18(27)28)19(2,3)30-17(13)24/h4-6,13-14,17H,1-3H3,(H,22,25)(H,27,28)/t13-,14-,17+/m1/s1. The van der Waals surface area contributed by atoms with Gasteiger partial charge in [0.1, 0.15) is 34.5 Å². The molecule has 4 rings (SSSR count). The average Bonchev–Trinajstić information content (AvgIpc) is 3.14. The number of carboxylic acid groups (broad SMARTS) is 1. The van der Waals surface area contributed by atoms with Gasteiger partial charge in [0.15, 0.2) is 0 Å². The van der Waals surface area contributed by atoms with Crippen molar-refractivity contribution in [3.05, 3.63) is 39.6 Å². The molecule has 0 radical (unpaired) electrons. The zero-order valence-electron chi connectivity index (χ0n) is 16.1. The van der Waals surface area contributed by atoms with Crippen LogP contribution in [0.5, 0.6) is 0 Å². The van der Waals surface area contributed by atoms with E-state index in [9.17, 15) is 19.5 Å². The van der Waals surface area contributed by atoms with Gasteiger partial charge in [0, 0.05) is 10.3 Å². The first-order valence-electron chi connectivity index (χ1n) is 8.99. The highest BCUT2D eigenvalue weighted by Gasteiger charge is 2.64. The number of carboxylic acids is 1. The summed E-state index contributed by atoms with van der Waals surface area (Å²) in [5.74, 6) is -1.84. The zero-order chi connectivity index (χ0) is 22.0. The van der Waals surface area contributed by atoms with Gasteiger partial charge in [-0.2, -0.15) is 0 Å². The molecule has 0 aliphatic carbocycles. The maximum atomic E-state index is 13.1. The summed E-state index contributed by atoms with van der Waals surface area (Å²) < 4.78 is 4.52. The molecule has 158 valence electrons. The normalized spacial score (nSPS) is 24.4. The van der Waals surface area contributed by atoms with Gasteiger partial charge in [0.25, 0.3) is 5.91 Å². The van der Waals surface area contributed by atoms with Crippen molar-refractivity contribution in [2.75, 3.05) is 0 Å². The van der Waals surface area contributed by atoms with Gasteiger partial charge in [-0.15, -0.1) is 11.8 Å². The van der Waals surface area contributed by atoms with Crippen LogP contribution in [0.2, 0.25) is 10.0 Å². The van der Waals surface area contributed by atoms with Crippen LogP contribution in [0.25, 0.3) is 11.3 Å². The first kappa shape index (κ1) is 21.0. The number of hydrogen-bond donors (Lipinski definition) is 2. The zero-order valence-corrected chi connectivity index (χ0v) is 18.4. The minimum Gasteiger partial charge on any atom is -0.480 e. The van der Waals surface area contributed by atoms with Gasteiger partial charge in [-0.3, -0.25) is 9.59 Å². The van der Waals surface area contributed by atoms with Gasteiger partial charge in [-0.25, -0.2) is 4.79 Å². The van der Waals surface area contributed by atoms with Gasteiger partial charge in [-0.1, -0.05) is 34.4 Å². The number of carbonyl (C=O) groups excluding carboxylic acids is 2. The molecule has 2 aromatic rings. The Kier molecular flexibility index (Phi) is 5.03. The molecule has 2 N–H and O–H groups in total. The minimum absolute atomic E-state index is 0.119. The molecule has 1 aromatic heterocycles. The van der Waals surface area contributed by atoms with E-state index in [0.29, 0.717) is 15.6 Å². The fraction of sp³-hybridized carbons (Fsp3) is 0.368. The van der Waals surface area contributed by atoms with E-state index in [4.69, 9.17) is 27.7 Å². The number of carbonyl (C=O) groups is 3. The minimum atomic E-state index is -1.07. The lowest BCUT2D eigenvalue weighted by Gasteiger charge is -2.43. The number of rotatable bonds is 4. The van der Waals surface area contributed by atoms with Gasteiger partial charge >= 0.3 is 5.97 Å². The van der Waals surface area contributed by atoms with Crippen LogP contribution in [0, 0.1) is 6.92 Å². The Morgan fingerprint density at radius 2 is 1.93 bits per heavy atom. The molecule has 2 amide bonds. The van der Waals surface area contributed by atoms with Crippen LogP contribution in [-0.2, 0) is 9.59 Å². The molecule has 0 bridgehead atoms. The Hall–Kier alpha value is -2.23. The SMILES string of the molecule is Cc1onc(-c2c(Cl)cccc2Cl)c1C(=O)N[C@@H]1C(=O)N2[C@H]1SC(C)(C)[C@H]2C(=O)O. The van der Waals surface area contributed by atoms with Crippen LogP contribution in [-0.4, -0.2) is 55.2 Å². The number of hydrogen-bond acceptors (Lipinski definition) is 6. The number of aromatic nitrogens is 1. The third-order valence-corrected chi connectivity index (χ3v) is 7.45. The van der Waals surface area contributed by atoms with E-state index in [1.165, 1.54) is 16.7 Å². The number of nitrogens with one attached hydrogen (secondary N) is 1. The quantitative estimate of drug-likeness (QED) is 0.660. The highest BCUT2D eigenvalue weighted by molar-refractivity contribution is 8.01. The topological polar surface area (TPSA) is 113 Å². The molecule has 1 aromatic carbocycles. The Labute approximate surface area is 185 Å². The van der Waals surface area contributed by atoms with E-state index in [0.717, 1.165) is 0 Å². The number of benzene rings is 1. The first-order chi connectivity index (χ1) is 14.0. The van der Waals surface area contributed by atoms with E-state index < -0.39 is 40.0 Å². The summed E-state index contributed by atoms with van der Waals surface area (Å²) >= 11 is 13.8. The molecule has 3 heterocycles. The number of fused-ring (bicyclic) bond motifs is 1. The van der Waals surface area contributed by atoms with E-state index in [-0.39, 0.29) is 17.0 Å². The van der Waals surface area contributed by atoms with E-state index in [1.807, 2.05) is 0 Å². The molecule has 0 saturated carbocycles. The van der Waals surface area contributed by atoms with Crippen LogP contribution in [0.3, 0.4) is 0 Å². The van der Waals surface area contributed by atoms with Gasteiger partial charge < -0.3 is 19.8 Å². The van der Waals surface area contributed by atoms with E-state index >= 15 is 0 Å². The van der Waals surface area contributed by atoms with Crippen molar-refractivity contribution < 1.29 is 24.0 Å². The monoisotopic (exact) mass is 469 g/mol. The third kappa shape index (κ3) is 3.07. The number of thioether (sulfide) groups is 1. The molecule has 30 heavy (non-hydrogen) atoms. The number of aryl methyl sites for hydroxylation is 1. The van der Waals surface area contributed by atoms with Crippen LogP contribution in [0.15, 0.2) is 22.7 Å². The molecule has 2 aliphatic rings. The maximum Gasteiger partial charge on any atom is 0.327 e. The van der Waals surface area contributed by atoms with E-state index in [2.05, 4.69) is 10.5 Å². The van der Waals surface area contributed by atoms with Crippen molar-refractivity contribution in [2.45, 2.75) is 43.0 Å². The molecule has 3 atom stereocenters. The van der Waals surface area contributed by atoms with Crippen LogP contribution in [0.4, 0.5) is 0 Å². The molecular formula is C19H17Cl2N3O5S. The molecule has 8 nitrogen and oxygen atoms in total. The fourth-order valence-corrected chi connectivity index (χ4v) is 6.09. The highest BCUT2D eigenvalue weighted by Crippen LogP contribution is 2.51. The average molecular weight is 470 g/mol. The van der Waals surface area contributed by atoms with Crippen LogP contribution < -0.4 is 5.32 Å². The number of β-lactam (4-membered cyclic amide) rings is 1. The lowest BCUT2D eigenvalue weighted by molar-refractivity contribution is -0.159. The Morgan fingerprint density at radius 3 is 2.53 bits per heavy atom. The van der Waals surface area contributed by atoms with Crippen LogP contribution in [0.1, 0.15) is 30.0 Å².